The van der Waals surface area contributed by atoms with Gasteiger partial charge in [0.25, 0.3) is 0 Å². The van der Waals surface area contributed by atoms with E-state index in [-0.39, 0.29) is 22.3 Å². The number of piperidine rings is 1. The van der Waals surface area contributed by atoms with E-state index >= 15 is 0 Å². The Labute approximate surface area is 158 Å². The van der Waals surface area contributed by atoms with Gasteiger partial charge in [-0.05, 0) is 56.3 Å². The van der Waals surface area contributed by atoms with Crippen LogP contribution in [0.4, 0.5) is 4.39 Å². The molecule has 0 spiro atoms. The summed E-state index contributed by atoms with van der Waals surface area (Å²) in [7, 11) is 0. The Balaban J connectivity index is 1.93. The minimum atomic E-state index is -0.455. The van der Waals surface area contributed by atoms with Gasteiger partial charge in [0.15, 0.2) is 0 Å². The third-order valence-corrected chi connectivity index (χ3v) is 6.63. The first kappa shape index (κ1) is 18.9. The molecule has 0 aromatic heterocycles. The highest BCUT2D eigenvalue weighted by atomic mass is 35.5. The SMILES string of the molecule is CC1(C(NC(=O)C2CCNCC2)c2c(F)ccc(Cl)c2Cl)CCCC1. The van der Waals surface area contributed by atoms with Gasteiger partial charge in [0.2, 0.25) is 5.91 Å². The van der Waals surface area contributed by atoms with E-state index in [0.717, 1.165) is 51.6 Å². The molecule has 2 aliphatic rings. The van der Waals surface area contributed by atoms with Gasteiger partial charge >= 0.3 is 0 Å². The maximum atomic E-state index is 14.7. The molecule has 3 nitrogen and oxygen atoms in total. The van der Waals surface area contributed by atoms with Crippen LogP contribution in [0, 0.1) is 17.2 Å². The number of halogens is 3. The lowest BCUT2D eigenvalue weighted by Crippen LogP contribution is -2.44. The van der Waals surface area contributed by atoms with Crippen molar-refractivity contribution in [1.82, 2.24) is 10.6 Å². The fourth-order valence-corrected chi connectivity index (χ4v) is 4.64. The zero-order valence-corrected chi connectivity index (χ0v) is 16.0. The maximum Gasteiger partial charge on any atom is 0.223 e. The molecule has 138 valence electrons. The average molecular weight is 387 g/mol. The summed E-state index contributed by atoms with van der Waals surface area (Å²) in [5.41, 5.74) is 0.124. The first-order valence-corrected chi connectivity index (χ1v) is 9.82. The molecule has 6 heteroatoms. The summed E-state index contributed by atoms with van der Waals surface area (Å²) in [4.78, 5) is 12.9. The van der Waals surface area contributed by atoms with E-state index in [0.29, 0.717) is 10.6 Å². The van der Waals surface area contributed by atoms with Crippen LogP contribution in [0.15, 0.2) is 12.1 Å². The third-order valence-electron chi connectivity index (χ3n) is 5.81. The van der Waals surface area contributed by atoms with Crippen molar-refractivity contribution in [1.29, 1.82) is 0 Å². The monoisotopic (exact) mass is 386 g/mol. The highest BCUT2D eigenvalue weighted by Gasteiger charge is 2.42. The van der Waals surface area contributed by atoms with Crippen LogP contribution in [0.3, 0.4) is 0 Å². The average Bonchev–Trinajstić information content (AvgIpc) is 3.06. The Morgan fingerprint density at radius 3 is 2.56 bits per heavy atom. The van der Waals surface area contributed by atoms with Crippen LogP contribution in [0.2, 0.25) is 10.0 Å². The summed E-state index contributed by atoms with van der Waals surface area (Å²) >= 11 is 12.5. The van der Waals surface area contributed by atoms with Crippen molar-refractivity contribution < 1.29 is 9.18 Å². The summed E-state index contributed by atoms with van der Waals surface area (Å²) < 4.78 is 14.7. The number of hydrogen-bond donors (Lipinski definition) is 2. The van der Waals surface area contributed by atoms with Gasteiger partial charge in [0.05, 0.1) is 16.1 Å². The van der Waals surface area contributed by atoms with Gasteiger partial charge in [-0.3, -0.25) is 4.79 Å². The second kappa shape index (κ2) is 7.81. The van der Waals surface area contributed by atoms with E-state index in [4.69, 9.17) is 23.2 Å². The molecular weight excluding hydrogens is 362 g/mol. The van der Waals surface area contributed by atoms with Crippen LogP contribution in [0.1, 0.15) is 57.1 Å². The van der Waals surface area contributed by atoms with Crippen LogP contribution in [-0.4, -0.2) is 19.0 Å². The molecule has 1 saturated heterocycles. The minimum absolute atomic E-state index is 0.00457. The number of benzene rings is 1. The molecule has 1 aliphatic carbocycles. The van der Waals surface area contributed by atoms with E-state index in [9.17, 15) is 9.18 Å². The van der Waals surface area contributed by atoms with E-state index in [1.165, 1.54) is 12.1 Å². The van der Waals surface area contributed by atoms with Crippen LogP contribution in [0.25, 0.3) is 0 Å². The van der Waals surface area contributed by atoms with Crippen molar-refractivity contribution in [2.24, 2.45) is 11.3 Å². The molecule has 2 fully saturated rings. The Kier molecular flexibility index (Phi) is 5.92. The lowest BCUT2D eigenvalue weighted by Gasteiger charge is -2.37. The Hall–Kier alpha value is -0.840. The molecule has 1 atom stereocenters. The van der Waals surface area contributed by atoms with Gasteiger partial charge in [-0.2, -0.15) is 0 Å². The summed E-state index contributed by atoms with van der Waals surface area (Å²) in [6.07, 6.45) is 5.65. The molecule has 1 amide bonds. The van der Waals surface area contributed by atoms with E-state index < -0.39 is 11.9 Å². The number of rotatable bonds is 4. The summed E-state index contributed by atoms with van der Waals surface area (Å²) in [5, 5.41) is 6.94. The molecule has 0 bridgehead atoms. The predicted octanol–water partition coefficient (Wildman–Crippen LogP) is 4.87. The number of carbonyl (C=O) groups is 1. The normalized spacial score (nSPS) is 21.9. The van der Waals surface area contributed by atoms with Crippen LogP contribution in [0.5, 0.6) is 0 Å². The zero-order valence-electron chi connectivity index (χ0n) is 14.5. The van der Waals surface area contributed by atoms with E-state index in [1.807, 2.05) is 0 Å². The molecule has 2 N–H and O–H groups in total. The van der Waals surface area contributed by atoms with E-state index in [1.54, 1.807) is 0 Å². The largest absolute Gasteiger partial charge is 0.348 e. The molecule has 1 unspecified atom stereocenters. The zero-order chi connectivity index (χ0) is 18.0. The number of hydrogen-bond acceptors (Lipinski definition) is 2. The number of carbonyl (C=O) groups excluding carboxylic acids is 1. The quantitative estimate of drug-likeness (QED) is 0.724. The Morgan fingerprint density at radius 1 is 1.28 bits per heavy atom. The maximum absolute atomic E-state index is 14.7. The van der Waals surface area contributed by atoms with Crippen molar-refractivity contribution in [3.05, 3.63) is 33.6 Å². The van der Waals surface area contributed by atoms with Gasteiger partial charge in [-0.15, -0.1) is 0 Å². The van der Waals surface area contributed by atoms with Crippen molar-refractivity contribution in [3.63, 3.8) is 0 Å². The fraction of sp³-hybridized carbons (Fsp3) is 0.632. The molecule has 1 heterocycles. The van der Waals surface area contributed by atoms with Gasteiger partial charge < -0.3 is 10.6 Å². The second-order valence-corrected chi connectivity index (χ2v) is 8.37. The fourth-order valence-electron chi connectivity index (χ4n) is 4.22. The third kappa shape index (κ3) is 3.96. The summed E-state index contributed by atoms with van der Waals surface area (Å²) in [6, 6.07) is 2.35. The van der Waals surface area contributed by atoms with Gasteiger partial charge in [-0.25, -0.2) is 4.39 Å². The number of amides is 1. The Bertz CT molecular complexity index is 641. The van der Waals surface area contributed by atoms with Gasteiger partial charge in [0, 0.05) is 11.5 Å². The first-order valence-electron chi connectivity index (χ1n) is 9.07. The van der Waals surface area contributed by atoms with Crippen molar-refractivity contribution >= 4 is 29.1 Å². The Morgan fingerprint density at radius 2 is 1.92 bits per heavy atom. The highest BCUT2D eigenvalue weighted by molar-refractivity contribution is 6.42. The molecule has 3 rings (SSSR count). The lowest BCUT2D eigenvalue weighted by atomic mass is 9.76. The van der Waals surface area contributed by atoms with Crippen molar-refractivity contribution in [3.8, 4) is 0 Å². The first-order chi connectivity index (χ1) is 11.9. The van der Waals surface area contributed by atoms with Crippen LogP contribution < -0.4 is 10.6 Å². The number of nitrogens with one attached hydrogen (secondary N) is 2. The van der Waals surface area contributed by atoms with Crippen molar-refractivity contribution in [2.45, 2.75) is 51.5 Å². The van der Waals surface area contributed by atoms with Crippen LogP contribution >= 0.6 is 23.2 Å². The molecule has 1 aromatic rings. The standard InChI is InChI=1S/C19H25Cl2FN2O/c1-19(8-2-3-9-19)17(15-14(22)5-4-13(20)16(15)21)24-18(25)12-6-10-23-11-7-12/h4-5,12,17,23H,2-3,6-11H2,1H3,(H,24,25). The molecule has 1 aliphatic heterocycles. The molecule has 1 aromatic carbocycles. The summed E-state index contributed by atoms with van der Waals surface area (Å²) in [6.45, 7) is 3.79. The highest BCUT2D eigenvalue weighted by Crippen LogP contribution is 2.50. The topological polar surface area (TPSA) is 41.1 Å². The second-order valence-electron chi connectivity index (χ2n) is 7.58. The predicted molar refractivity (Wildman–Crippen MR) is 99.5 cm³/mol. The van der Waals surface area contributed by atoms with Gasteiger partial charge in [-0.1, -0.05) is 43.0 Å². The molecular formula is C19H25Cl2FN2O. The molecule has 25 heavy (non-hydrogen) atoms. The van der Waals surface area contributed by atoms with Gasteiger partial charge in [0.1, 0.15) is 5.82 Å². The van der Waals surface area contributed by atoms with Crippen molar-refractivity contribution in [2.75, 3.05) is 13.1 Å². The van der Waals surface area contributed by atoms with Crippen LogP contribution in [-0.2, 0) is 4.79 Å². The smallest absolute Gasteiger partial charge is 0.223 e. The molecule has 0 radical (unpaired) electrons. The summed E-state index contributed by atoms with van der Waals surface area (Å²) in [5.74, 6) is -0.442. The van der Waals surface area contributed by atoms with E-state index in [2.05, 4.69) is 17.6 Å². The molecule has 1 saturated carbocycles. The minimum Gasteiger partial charge on any atom is -0.348 e. The lowest BCUT2D eigenvalue weighted by molar-refractivity contribution is -0.127.